The number of nitrogens with one attached hydrogen (secondary N) is 3. The van der Waals surface area contributed by atoms with Crippen LogP contribution < -0.4 is 20.9 Å². The molecule has 3 amide bonds. The van der Waals surface area contributed by atoms with E-state index >= 15 is 0 Å². The minimum atomic E-state index is -0.324. The lowest BCUT2D eigenvalue weighted by molar-refractivity contribution is 0.0937. The largest absolute Gasteiger partial charge is 0.383 e. The predicted molar refractivity (Wildman–Crippen MR) is 149 cm³/mol. The molecule has 0 radical (unpaired) electrons. The predicted octanol–water partition coefficient (Wildman–Crippen LogP) is 6.19. The summed E-state index contributed by atoms with van der Waals surface area (Å²) in [4.78, 5) is 28.5. The van der Waals surface area contributed by atoms with Gasteiger partial charge in [0.05, 0.1) is 12.2 Å². The monoisotopic (exact) mass is 494 g/mol. The van der Waals surface area contributed by atoms with E-state index < -0.39 is 0 Å². The molecule has 0 atom stereocenters. The van der Waals surface area contributed by atoms with Crippen LogP contribution >= 0.6 is 0 Å². The minimum Gasteiger partial charge on any atom is -0.383 e. The standard InChI is InChI=1S/C29H42N4O3/c1-19(2)23-8-7-9-24(20(3)4)27(23)32-29(35)31-22-10-11-26(33-15-12-21(5)13-16-33)25(18-22)28(34)30-14-17-36-6/h7-11,18-21H,12-17H2,1-6H3,(H,30,34)(H2,31,32,35). The fraction of sp³-hybridized carbons (Fsp3) is 0.517. The van der Waals surface area contributed by atoms with E-state index in [1.54, 1.807) is 13.2 Å². The summed E-state index contributed by atoms with van der Waals surface area (Å²) in [6, 6.07) is 11.4. The van der Waals surface area contributed by atoms with Gasteiger partial charge in [-0.3, -0.25) is 4.79 Å². The summed E-state index contributed by atoms with van der Waals surface area (Å²) in [6.45, 7) is 13.4. The number of anilines is 3. The number of rotatable bonds is 9. The first-order chi connectivity index (χ1) is 17.2. The Morgan fingerprint density at radius 1 is 1.00 bits per heavy atom. The van der Waals surface area contributed by atoms with Crippen LogP contribution in [0.3, 0.4) is 0 Å². The fourth-order valence-electron chi connectivity index (χ4n) is 4.65. The second kappa shape index (κ2) is 12.8. The van der Waals surface area contributed by atoms with Crippen molar-refractivity contribution in [3.8, 4) is 0 Å². The van der Waals surface area contributed by atoms with Crippen LogP contribution in [-0.2, 0) is 4.74 Å². The molecule has 1 aliphatic heterocycles. The SMILES string of the molecule is COCCNC(=O)c1cc(NC(=O)Nc2c(C(C)C)cccc2C(C)C)ccc1N1CCC(C)CC1. The molecule has 196 valence electrons. The van der Waals surface area contributed by atoms with Crippen LogP contribution in [0.15, 0.2) is 36.4 Å². The minimum absolute atomic E-state index is 0.169. The Balaban J connectivity index is 1.84. The van der Waals surface area contributed by atoms with Gasteiger partial charge in [-0.25, -0.2) is 4.79 Å². The van der Waals surface area contributed by atoms with Crippen LogP contribution in [0.2, 0.25) is 0 Å². The average Bonchev–Trinajstić information content (AvgIpc) is 2.84. The highest BCUT2D eigenvalue weighted by atomic mass is 16.5. The highest BCUT2D eigenvalue weighted by Crippen LogP contribution is 2.33. The van der Waals surface area contributed by atoms with Crippen molar-refractivity contribution in [2.45, 2.75) is 59.3 Å². The van der Waals surface area contributed by atoms with Gasteiger partial charge in [0.1, 0.15) is 0 Å². The Hall–Kier alpha value is -3.06. The van der Waals surface area contributed by atoms with Crippen molar-refractivity contribution < 1.29 is 14.3 Å². The summed E-state index contributed by atoms with van der Waals surface area (Å²) in [7, 11) is 1.61. The Labute approximate surface area is 216 Å². The number of amides is 3. The smallest absolute Gasteiger partial charge is 0.323 e. The summed E-state index contributed by atoms with van der Waals surface area (Å²) >= 11 is 0. The van der Waals surface area contributed by atoms with E-state index in [0.29, 0.717) is 30.3 Å². The molecule has 36 heavy (non-hydrogen) atoms. The van der Waals surface area contributed by atoms with Gasteiger partial charge in [0.15, 0.2) is 0 Å². The molecule has 0 aromatic heterocycles. The van der Waals surface area contributed by atoms with E-state index in [1.807, 2.05) is 18.2 Å². The van der Waals surface area contributed by atoms with Gasteiger partial charge in [-0.05, 0) is 59.9 Å². The lowest BCUT2D eigenvalue weighted by Crippen LogP contribution is -2.35. The Morgan fingerprint density at radius 2 is 1.64 bits per heavy atom. The van der Waals surface area contributed by atoms with Gasteiger partial charge in [-0.1, -0.05) is 52.8 Å². The highest BCUT2D eigenvalue weighted by Gasteiger charge is 2.22. The third-order valence-corrected chi connectivity index (χ3v) is 6.83. The first-order valence-corrected chi connectivity index (χ1v) is 13.1. The van der Waals surface area contributed by atoms with Gasteiger partial charge in [0, 0.05) is 43.8 Å². The summed E-state index contributed by atoms with van der Waals surface area (Å²) in [5.74, 6) is 1.06. The van der Waals surface area contributed by atoms with Crippen LogP contribution in [-0.4, -0.2) is 45.3 Å². The lowest BCUT2D eigenvalue weighted by Gasteiger charge is -2.33. The topological polar surface area (TPSA) is 82.7 Å². The van der Waals surface area contributed by atoms with E-state index in [9.17, 15) is 9.59 Å². The third-order valence-electron chi connectivity index (χ3n) is 6.83. The van der Waals surface area contributed by atoms with Gasteiger partial charge >= 0.3 is 6.03 Å². The average molecular weight is 495 g/mol. The number of carbonyl (C=O) groups is 2. The van der Waals surface area contributed by atoms with Gasteiger partial charge in [-0.2, -0.15) is 0 Å². The number of urea groups is 1. The van der Waals surface area contributed by atoms with E-state index in [1.165, 1.54) is 0 Å². The number of methoxy groups -OCH3 is 1. The fourth-order valence-corrected chi connectivity index (χ4v) is 4.65. The molecule has 0 unspecified atom stereocenters. The van der Waals surface area contributed by atoms with Crippen molar-refractivity contribution in [3.05, 3.63) is 53.1 Å². The number of benzene rings is 2. The molecule has 7 nitrogen and oxygen atoms in total. The zero-order valence-electron chi connectivity index (χ0n) is 22.6. The van der Waals surface area contributed by atoms with Crippen molar-refractivity contribution >= 4 is 29.0 Å². The Morgan fingerprint density at radius 3 is 2.22 bits per heavy atom. The maximum absolute atomic E-state index is 13.1. The second-order valence-corrected chi connectivity index (χ2v) is 10.4. The van der Waals surface area contributed by atoms with E-state index in [0.717, 1.165) is 48.4 Å². The van der Waals surface area contributed by atoms with Crippen LogP contribution in [0.1, 0.15) is 80.8 Å². The number of para-hydroxylation sites is 1. The van der Waals surface area contributed by atoms with E-state index in [2.05, 4.69) is 67.6 Å². The van der Waals surface area contributed by atoms with E-state index in [-0.39, 0.29) is 23.8 Å². The molecule has 1 aliphatic rings. The molecule has 3 N–H and O–H groups in total. The first kappa shape index (κ1) is 27.5. The molecule has 1 heterocycles. The number of carbonyl (C=O) groups excluding carboxylic acids is 2. The maximum atomic E-state index is 13.1. The van der Waals surface area contributed by atoms with Crippen molar-refractivity contribution in [2.75, 3.05) is 48.9 Å². The summed E-state index contributed by atoms with van der Waals surface area (Å²) in [5, 5.41) is 8.96. The normalized spacial score (nSPS) is 14.3. The molecule has 0 spiro atoms. The molecule has 2 aromatic rings. The second-order valence-electron chi connectivity index (χ2n) is 10.4. The zero-order chi connectivity index (χ0) is 26.2. The number of nitrogens with zero attached hydrogens (tertiary/aromatic N) is 1. The molecule has 0 saturated carbocycles. The summed E-state index contributed by atoms with van der Waals surface area (Å²) in [5.41, 5.74) is 5.09. The first-order valence-electron chi connectivity index (χ1n) is 13.1. The number of piperidine rings is 1. The molecular weight excluding hydrogens is 452 g/mol. The summed E-state index contributed by atoms with van der Waals surface area (Å²) in [6.07, 6.45) is 2.20. The molecule has 0 bridgehead atoms. The van der Waals surface area contributed by atoms with Crippen LogP contribution in [0.5, 0.6) is 0 Å². The number of hydrogen-bond donors (Lipinski definition) is 3. The Kier molecular flexibility index (Phi) is 9.76. The quantitative estimate of drug-likeness (QED) is 0.363. The van der Waals surface area contributed by atoms with Crippen LogP contribution in [0.4, 0.5) is 21.9 Å². The molecule has 1 saturated heterocycles. The lowest BCUT2D eigenvalue weighted by atomic mass is 9.93. The molecular formula is C29H42N4O3. The highest BCUT2D eigenvalue weighted by molar-refractivity contribution is 6.04. The van der Waals surface area contributed by atoms with Crippen molar-refractivity contribution in [1.82, 2.24) is 5.32 Å². The van der Waals surface area contributed by atoms with Crippen molar-refractivity contribution in [2.24, 2.45) is 5.92 Å². The van der Waals surface area contributed by atoms with Gasteiger partial charge in [0.2, 0.25) is 0 Å². The molecule has 2 aromatic carbocycles. The van der Waals surface area contributed by atoms with Gasteiger partial charge in [0.25, 0.3) is 5.91 Å². The van der Waals surface area contributed by atoms with Crippen molar-refractivity contribution in [3.63, 3.8) is 0 Å². The molecule has 0 aliphatic carbocycles. The third kappa shape index (κ3) is 7.00. The molecule has 3 rings (SSSR count). The van der Waals surface area contributed by atoms with Crippen LogP contribution in [0.25, 0.3) is 0 Å². The molecule has 1 fully saturated rings. The number of ether oxygens (including phenoxy) is 1. The van der Waals surface area contributed by atoms with Crippen LogP contribution in [0, 0.1) is 5.92 Å². The molecule has 7 heteroatoms. The van der Waals surface area contributed by atoms with Gasteiger partial charge < -0.3 is 25.6 Å². The van der Waals surface area contributed by atoms with Gasteiger partial charge in [-0.15, -0.1) is 0 Å². The Bertz CT molecular complexity index is 1020. The zero-order valence-corrected chi connectivity index (χ0v) is 22.6. The van der Waals surface area contributed by atoms with Crippen molar-refractivity contribution in [1.29, 1.82) is 0 Å². The number of hydrogen-bond acceptors (Lipinski definition) is 4. The maximum Gasteiger partial charge on any atom is 0.323 e. The van der Waals surface area contributed by atoms with E-state index in [4.69, 9.17) is 4.74 Å². The summed E-state index contributed by atoms with van der Waals surface area (Å²) < 4.78 is 5.08.